The van der Waals surface area contributed by atoms with Crippen LogP contribution in [0.1, 0.15) is 35.0 Å². The van der Waals surface area contributed by atoms with Gasteiger partial charge in [-0.3, -0.25) is 0 Å². The van der Waals surface area contributed by atoms with Gasteiger partial charge in [0, 0.05) is 30.1 Å². The highest BCUT2D eigenvalue weighted by Gasteiger charge is 2.27. The van der Waals surface area contributed by atoms with Gasteiger partial charge in [-0.25, -0.2) is 14.4 Å². The average molecular weight is 1270 g/mol. The van der Waals surface area contributed by atoms with Gasteiger partial charge >= 0.3 is 17.9 Å². The number of nitrogens with zero attached hydrogens (tertiary/aromatic N) is 9. The molecule has 0 aliphatic rings. The zero-order valence-corrected chi connectivity index (χ0v) is 46.7. The van der Waals surface area contributed by atoms with Crippen LogP contribution in [0.2, 0.25) is 0 Å². The summed E-state index contributed by atoms with van der Waals surface area (Å²) in [6.07, 6.45) is -3.43. The molecule has 0 aliphatic heterocycles. The lowest BCUT2D eigenvalue weighted by Crippen LogP contribution is -2.19. The van der Waals surface area contributed by atoms with Crippen LogP contribution in [0.15, 0.2) is 232 Å². The summed E-state index contributed by atoms with van der Waals surface area (Å²) in [6, 6.07) is 64.8. The van der Waals surface area contributed by atoms with E-state index in [0.717, 1.165) is 46.5 Å². The number of carbonyl (C=O) groups is 3. The number of halogens is 3. The maximum atomic E-state index is 11.8. The lowest BCUT2D eigenvalue weighted by Gasteiger charge is -2.17. The molecule has 3 unspecified atom stereocenters. The van der Waals surface area contributed by atoms with Gasteiger partial charge in [-0.15, -0.1) is 45.0 Å². The van der Waals surface area contributed by atoms with E-state index in [-0.39, 0.29) is 0 Å². The predicted octanol–water partition coefficient (Wildman–Crippen LogP) is 13.2. The Kier molecular flexibility index (Phi) is 16.9. The summed E-state index contributed by atoms with van der Waals surface area (Å²) >= 11 is 10.3. The Morgan fingerprint density at radius 2 is 0.531 bits per heavy atom. The molecule has 21 heteroatoms. The number of aromatic nitrogens is 9. The molecule has 0 radical (unpaired) electrons. The third-order valence-corrected chi connectivity index (χ3v) is 13.5. The Hall–Kier alpha value is -9.57. The molecule has 0 spiro atoms. The van der Waals surface area contributed by atoms with Crippen LogP contribution in [-0.2, 0) is 14.4 Å². The van der Waals surface area contributed by atoms with Crippen molar-refractivity contribution in [3.8, 4) is 34.3 Å². The van der Waals surface area contributed by atoms with E-state index in [4.69, 9.17) is 14.2 Å². The SMILES string of the molecule is O=C(O)C(Oc1ccc(Br)cc1-n1nc2ccccc2n1)c1ccccc1.O=C(O)C(Oc1ccc(Br)cc1-n1nc2ccccc2n1)c1ccccc1.O=C(O)C(Oc1ccc(Br)cc1-n1nc2ccccc2n1)c1ccccc1. The fourth-order valence-corrected chi connectivity index (χ4v) is 9.24. The fraction of sp³-hybridized carbons (Fsp3) is 0.0500. The minimum absolute atomic E-state index is 0.370. The van der Waals surface area contributed by atoms with Crippen molar-refractivity contribution in [2.75, 3.05) is 0 Å². The number of rotatable bonds is 15. The zero-order chi connectivity index (χ0) is 56.4. The first-order chi connectivity index (χ1) is 39.3. The molecule has 81 heavy (non-hydrogen) atoms. The molecular weight excluding hydrogens is 1230 g/mol. The highest BCUT2D eigenvalue weighted by molar-refractivity contribution is 9.11. The van der Waals surface area contributed by atoms with Crippen LogP contribution in [0.25, 0.3) is 50.2 Å². The molecule has 3 N–H and O–H groups in total. The third-order valence-electron chi connectivity index (χ3n) is 12.0. The van der Waals surface area contributed by atoms with Gasteiger partial charge in [0.05, 0.1) is 0 Å². The first kappa shape index (κ1) is 54.8. The number of carboxylic acid groups (broad SMARTS) is 3. The third kappa shape index (κ3) is 13.1. The van der Waals surface area contributed by atoms with E-state index in [0.29, 0.717) is 51.0 Å². The van der Waals surface area contributed by atoms with Gasteiger partial charge in [0.15, 0.2) is 0 Å². The second-order valence-corrected chi connectivity index (χ2v) is 20.3. The van der Waals surface area contributed by atoms with Crippen molar-refractivity contribution in [1.29, 1.82) is 0 Å². The lowest BCUT2D eigenvalue weighted by atomic mass is 10.1. The maximum absolute atomic E-state index is 11.8. The molecule has 12 rings (SSSR count). The van der Waals surface area contributed by atoms with E-state index in [2.05, 4.69) is 78.4 Å². The van der Waals surface area contributed by atoms with Crippen molar-refractivity contribution < 1.29 is 43.9 Å². The molecule has 402 valence electrons. The minimum atomic E-state index is -1.14. The molecule has 0 amide bonds. The summed E-state index contributed by atoms with van der Waals surface area (Å²) in [5.41, 5.74) is 7.72. The molecule has 0 saturated carbocycles. The number of hydrogen-bond donors (Lipinski definition) is 3. The van der Waals surface area contributed by atoms with E-state index in [1.165, 1.54) is 14.4 Å². The second-order valence-electron chi connectivity index (χ2n) is 17.5. The maximum Gasteiger partial charge on any atom is 0.349 e. The summed E-state index contributed by atoms with van der Waals surface area (Å²) in [5.74, 6) is -2.12. The van der Waals surface area contributed by atoms with E-state index < -0.39 is 36.2 Å². The van der Waals surface area contributed by atoms with E-state index in [1.54, 1.807) is 127 Å². The molecule has 0 bridgehead atoms. The number of carboxylic acids is 3. The first-order valence-corrected chi connectivity index (χ1v) is 26.9. The van der Waals surface area contributed by atoms with Crippen molar-refractivity contribution in [3.63, 3.8) is 0 Å². The Labute approximate surface area is 485 Å². The Morgan fingerprint density at radius 1 is 0.321 bits per heavy atom. The van der Waals surface area contributed by atoms with Crippen molar-refractivity contribution in [2.24, 2.45) is 0 Å². The predicted molar refractivity (Wildman–Crippen MR) is 312 cm³/mol. The molecule has 3 atom stereocenters. The fourth-order valence-electron chi connectivity index (χ4n) is 8.19. The van der Waals surface area contributed by atoms with Crippen molar-refractivity contribution in [1.82, 2.24) is 45.0 Å². The monoisotopic (exact) mass is 1270 g/mol. The summed E-state index contributed by atoms with van der Waals surface area (Å²) in [4.78, 5) is 39.7. The normalized spacial score (nSPS) is 12.0. The van der Waals surface area contributed by atoms with Gasteiger partial charge in [-0.05, 0) is 91.0 Å². The molecule has 3 aromatic heterocycles. The molecule has 9 aromatic carbocycles. The summed E-state index contributed by atoms with van der Waals surface area (Å²) in [7, 11) is 0. The highest BCUT2D eigenvalue weighted by Crippen LogP contribution is 2.34. The topological polar surface area (TPSA) is 232 Å². The quantitative estimate of drug-likeness (QED) is 0.0866. The van der Waals surface area contributed by atoms with Crippen LogP contribution in [0, 0.1) is 0 Å². The number of aliphatic carboxylic acids is 3. The molecule has 12 aromatic rings. The van der Waals surface area contributed by atoms with Crippen molar-refractivity contribution >= 4 is 98.8 Å². The van der Waals surface area contributed by atoms with Crippen LogP contribution < -0.4 is 14.2 Å². The number of hydrogen-bond acceptors (Lipinski definition) is 12. The molecule has 18 nitrogen and oxygen atoms in total. The van der Waals surface area contributed by atoms with Gasteiger partial charge in [-0.2, -0.15) is 0 Å². The first-order valence-electron chi connectivity index (χ1n) is 24.5. The lowest BCUT2D eigenvalue weighted by molar-refractivity contribution is -0.146. The number of fused-ring (bicyclic) bond motifs is 3. The minimum Gasteiger partial charge on any atom is -0.478 e. The van der Waals surface area contributed by atoms with Crippen molar-refractivity contribution in [3.05, 3.63) is 248 Å². The molecule has 0 saturated heterocycles. The largest absolute Gasteiger partial charge is 0.478 e. The van der Waals surface area contributed by atoms with Crippen LogP contribution in [0.5, 0.6) is 17.2 Å². The average Bonchev–Trinajstić information content (AvgIpc) is 4.30. The van der Waals surface area contributed by atoms with Gasteiger partial charge < -0.3 is 29.5 Å². The van der Waals surface area contributed by atoms with Crippen LogP contribution in [-0.4, -0.2) is 78.2 Å². The Bertz CT molecular complexity index is 3660. The number of benzene rings is 9. The molecule has 0 fully saturated rings. The van der Waals surface area contributed by atoms with E-state index in [1.807, 2.05) is 91.0 Å². The molecule has 0 aliphatic carbocycles. The van der Waals surface area contributed by atoms with Gasteiger partial charge in [0.25, 0.3) is 0 Å². The summed E-state index contributed by atoms with van der Waals surface area (Å²) in [6.45, 7) is 0. The van der Waals surface area contributed by atoms with Gasteiger partial charge in [0.1, 0.15) is 67.4 Å². The Morgan fingerprint density at radius 3 is 0.741 bits per heavy atom. The Balaban J connectivity index is 0.000000136. The van der Waals surface area contributed by atoms with E-state index >= 15 is 0 Å². The summed E-state index contributed by atoms with van der Waals surface area (Å²) in [5, 5.41) is 55.7. The van der Waals surface area contributed by atoms with Crippen LogP contribution in [0.3, 0.4) is 0 Å². The molecule has 3 heterocycles. The van der Waals surface area contributed by atoms with Gasteiger partial charge in [-0.1, -0.05) is 175 Å². The molecular formula is C60H42Br3N9O9. The van der Waals surface area contributed by atoms with Crippen molar-refractivity contribution in [2.45, 2.75) is 18.3 Å². The van der Waals surface area contributed by atoms with Gasteiger partial charge in [0.2, 0.25) is 18.3 Å². The summed E-state index contributed by atoms with van der Waals surface area (Å²) < 4.78 is 20.0. The standard InChI is InChI=1S/3C20H14BrN3O3/c3*21-14-10-11-18(27-19(20(25)26)13-6-2-1-3-7-13)17(12-14)24-22-15-8-4-5-9-16(15)23-24/h3*1-12,19H,(H,25,26). The second kappa shape index (κ2) is 25.0. The van der Waals surface area contributed by atoms with E-state index in [9.17, 15) is 29.7 Å². The zero-order valence-electron chi connectivity index (χ0n) is 42.0. The highest BCUT2D eigenvalue weighted by atomic mass is 79.9. The van der Waals surface area contributed by atoms with Crippen LogP contribution in [0.4, 0.5) is 0 Å². The number of ether oxygens (including phenoxy) is 3. The smallest absolute Gasteiger partial charge is 0.349 e. The van der Waals surface area contributed by atoms with Crippen LogP contribution >= 0.6 is 47.8 Å².